The summed E-state index contributed by atoms with van der Waals surface area (Å²) >= 11 is 0. The van der Waals surface area contributed by atoms with Crippen molar-refractivity contribution in [2.45, 2.75) is 30.9 Å². The van der Waals surface area contributed by atoms with E-state index in [0.717, 1.165) is 12.8 Å². The van der Waals surface area contributed by atoms with Crippen LogP contribution >= 0.6 is 0 Å². The first-order valence-corrected chi connectivity index (χ1v) is 10.4. The molecule has 9 heteroatoms. The quantitative estimate of drug-likeness (QED) is 0.531. The number of nitrogens with one attached hydrogen (secondary N) is 1. The van der Waals surface area contributed by atoms with Crippen LogP contribution in [0.2, 0.25) is 0 Å². The summed E-state index contributed by atoms with van der Waals surface area (Å²) in [5.74, 6) is 5.19. The Morgan fingerprint density at radius 2 is 2.16 bits per heavy atom. The summed E-state index contributed by atoms with van der Waals surface area (Å²) in [7, 11) is 1.64. The van der Waals surface area contributed by atoms with Gasteiger partial charge in [0.25, 0.3) is 11.8 Å². The van der Waals surface area contributed by atoms with Crippen molar-refractivity contribution in [3.05, 3.63) is 47.8 Å². The van der Waals surface area contributed by atoms with Crippen LogP contribution in [0.1, 0.15) is 35.3 Å². The van der Waals surface area contributed by atoms with E-state index in [1.807, 2.05) is 6.07 Å². The summed E-state index contributed by atoms with van der Waals surface area (Å²) in [6, 6.07) is 9.32. The maximum atomic E-state index is 12.2. The molecule has 32 heavy (non-hydrogen) atoms. The number of likely N-dealkylation sites (tertiary alicyclic amines) is 1. The zero-order chi connectivity index (χ0) is 22.5. The lowest BCUT2D eigenvalue weighted by Gasteiger charge is -2.13. The van der Waals surface area contributed by atoms with Gasteiger partial charge >= 0.3 is 0 Å². The number of carbonyl (C=O) groups is 2. The molecular formula is C23H22N6O3. The molecule has 1 aromatic carbocycles. The average Bonchev–Trinajstić information content (AvgIpc) is 3.45. The number of amides is 2. The van der Waals surface area contributed by atoms with E-state index < -0.39 is 17.4 Å². The number of aliphatic hydroxyl groups is 1. The highest BCUT2D eigenvalue weighted by molar-refractivity contribution is 6.08. The van der Waals surface area contributed by atoms with Gasteiger partial charge < -0.3 is 21.1 Å². The molecule has 1 unspecified atom stereocenters. The largest absolute Gasteiger partial charge is 0.369 e. The monoisotopic (exact) mass is 430 g/mol. The summed E-state index contributed by atoms with van der Waals surface area (Å²) in [6.07, 6.45) is 4.05. The number of pyridine rings is 1. The molecule has 9 nitrogen and oxygen atoms in total. The predicted molar refractivity (Wildman–Crippen MR) is 118 cm³/mol. The Hall–Kier alpha value is -3.90. The van der Waals surface area contributed by atoms with Gasteiger partial charge in [-0.15, -0.1) is 0 Å². The van der Waals surface area contributed by atoms with E-state index in [0.29, 0.717) is 40.6 Å². The van der Waals surface area contributed by atoms with Crippen LogP contribution in [0.25, 0.3) is 16.6 Å². The molecule has 5 rings (SSSR count). The molecule has 2 aromatic heterocycles. The maximum absolute atomic E-state index is 12.2. The standard InChI is InChI=1S/C23H22N6O3/c1-28-12-10-23(32,22(28)31)9-7-14-3-2-4-16(13-14)29-17-8-11-25-21(26-15-5-6-15)18(17)19(27-29)20(24)30/h2-4,8,11,13,15,32H,5-6,10,12H2,1H3,(H2,24,30)(H,25,26). The van der Waals surface area contributed by atoms with Crippen LogP contribution in [0.4, 0.5) is 5.82 Å². The minimum absolute atomic E-state index is 0.140. The number of primary amides is 1. The van der Waals surface area contributed by atoms with Crippen molar-refractivity contribution >= 4 is 28.5 Å². The van der Waals surface area contributed by atoms with E-state index in [-0.39, 0.29) is 12.1 Å². The number of hydrogen-bond donors (Lipinski definition) is 3. The number of benzene rings is 1. The van der Waals surface area contributed by atoms with E-state index in [9.17, 15) is 14.7 Å². The summed E-state index contributed by atoms with van der Waals surface area (Å²) in [6.45, 7) is 0.463. The number of hydrogen-bond acceptors (Lipinski definition) is 6. The lowest BCUT2D eigenvalue weighted by molar-refractivity contribution is -0.137. The first-order valence-electron chi connectivity index (χ1n) is 10.4. The van der Waals surface area contributed by atoms with Crippen molar-refractivity contribution < 1.29 is 14.7 Å². The Morgan fingerprint density at radius 1 is 1.34 bits per heavy atom. The van der Waals surface area contributed by atoms with E-state index in [2.05, 4.69) is 27.2 Å². The topological polar surface area (TPSA) is 126 Å². The molecule has 0 radical (unpaired) electrons. The van der Waals surface area contributed by atoms with Crippen molar-refractivity contribution in [1.82, 2.24) is 19.7 Å². The van der Waals surface area contributed by atoms with Gasteiger partial charge in [-0.1, -0.05) is 17.9 Å². The second-order valence-electron chi connectivity index (χ2n) is 8.23. The number of anilines is 1. The normalized spacial score (nSPS) is 20.3. The first-order chi connectivity index (χ1) is 15.4. The summed E-state index contributed by atoms with van der Waals surface area (Å²) in [5, 5.41) is 18.9. The number of nitrogens with two attached hydrogens (primary N) is 1. The van der Waals surface area contributed by atoms with Gasteiger partial charge in [0.15, 0.2) is 5.69 Å². The fourth-order valence-corrected chi connectivity index (χ4v) is 3.83. The average molecular weight is 430 g/mol. The Balaban J connectivity index is 1.56. The number of nitrogens with zero attached hydrogens (tertiary/aromatic N) is 4. The van der Waals surface area contributed by atoms with Crippen LogP contribution in [0.15, 0.2) is 36.5 Å². The highest BCUT2D eigenvalue weighted by atomic mass is 16.3. The summed E-state index contributed by atoms with van der Waals surface area (Å²) < 4.78 is 1.63. The van der Waals surface area contributed by atoms with E-state index in [1.54, 1.807) is 42.2 Å². The van der Waals surface area contributed by atoms with E-state index in [1.165, 1.54) is 4.90 Å². The van der Waals surface area contributed by atoms with Crippen LogP contribution < -0.4 is 11.1 Å². The molecule has 0 bridgehead atoms. The van der Waals surface area contributed by atoms with Crippen LogP contribution in [-0.2, 0) is 4.79 Å². The highest BCUT2D eigenvalue weighted by Gasteiger charge is 2.42. The van der Waals surface area contributed by atoms with Crippen molar-refractivity contribution in [2.75, 3.05) is 18.9 Å². The fourth-order valence-electron chi connectivity index (χ4n) is 3.83. The Bertz CT molecular complexity index is 1320. The molecule has 1 aliphatic carbocycles. The molecule has 1 saturated heterocycles. The van der Waals surface area contributed by atoms with Gasteiger partial charge in [0, 0.05) is 37.8 Å². The van der Waals surface area contributed by atoms with Gasteiger partial charge in [0.2, 0.25) is 5.60 Å². The summed E-state index contributed by atoms with van der Waals surface area (Å²) in [5.41, 5.74) is 6.05. The second-order valence-corrected chi connectivity index (χ2v) is 8.23. The Morgan fingerprint density at radius 3 is 2.84 bits per heavy atom. The zero-order valence-corrected chi connectivity index (χ0v) is 17.5. The molecular weight excluding hydrogens is 408 g/mol. The Labute approximate surface area is 184 Å². The van der Waals surface area contributed by atoms with Gasteiger partial charge in [-0.05, 0) is 37.1 Å². The molecule has 4 N–H and O–H groups in total. The van der Waals surface area contributed by atoms with E-state index >= 15 is 0 Å². The van der Waals surface area contributed by atoms with E-state index in [4.69, 9.17) is 5.73 Å². The number of likely N-dealkylation sites (N-methyl/N-ethyl adjacent to an activating group) is 1. The molecule has 1 atom stereocenters. The number of fused-ring (bicyclic) bond motifs is 1. The zero-order valence-electron chi connectivity index (χ0n) is 17.5. The van der Waals surface area contributed by atoms with Crippen LogP contribution in [-0.4, -0.2) is 61.8 Å². The molecule has 1 saturated carbocycles. The fraction of sp³-hybridized carbons (Fsp3) is 0.304. The minimum Gasteiger partial charge on any atom is -0.369 e. The second kappa shape index (κ2) is 7.35. The lowest BCUT2D eigenvalue weighted by Crippen LogP contribution is -2.37. The molecule has 2 amide bonds. The third kappa shape index (κ3) is 3.44. The molecule has 2 aliphatic rings. The van der Waals surface area contributed by atoms with Crippen molar-refractivity contribution in [3.8, 4) is 17.5 Å². The van der Waals surface area contributed by atoms with Gasteiger partial charge in [0.05, 0.1) is 16.6 Å². The lowest BCUT2D eigenvalue weighted by atomic mass is 10.0. The third-order valence-electron chi connectivity index (χ3n) is 5.76. The maximum Gasteiger partial charge on any atom is 0.270 e. The predicted octanol–water partition coefficient (Wildman–Crippen LogP) is 1.04. The molecule has 3 heterocycles. The molecule has 3 aromatic rings. The van der Waals surface area contributed by atoms with Gasteiger partial charge in [-0.25, -0.2) is 9.67 Å². The van der Waals surface area contributed by atoms with Crippen molar-refractivity contribution in [3.63, 3.8) is 0 Å². The minimum atomic E-state index is -1.67. The highest BCUT2D eigenvalue weighted by Crippen LogP contribution is 2.31. The number of rotatable bonds is 4. The van der Waals surface area contributed by atoms with Crippen LogP contribution in [0, 0.1) is 11.8 Å². The van der Waals surface area contributed by atoms with Crippen molar-refractivity contribution in [2.24, 2.45) is 5.73 Å². The molecule has 1 aliphatic heterocycles. The number of aromatic nitrogens is 3. The Kier molecular flexibility index (Phi) is 4.60. The summed E-state index contributed by atoms with van der Waals surface area (Å²) in [4.78, 5) is 30.1. The van der Waals surface area contributed by atoms with Gasteiger partial charge in [-0.3, -0.25) is 9.59 Å². The SMILES string of the molecule is CN1CCC(O)(C#Cc2cccc(-n3nc(C(N)=O)c4c(NC5CC5)nccc43)c2)C1=O. The van der Waals surface area contributed by atoms with Gasteiger partial charge in [0.1, 0.15) is 5.82 Å². The van der Waals surface area contributed by atoms with Crippen LogP contribution in [0.3, 0.4) is 0 Å². The molecule has 162 valence electrons. The van der Waals surface area contributed by atoms with Crippen LogP contribution in [0.5, 0.6) is 0 Å². The third-order valence-corrected chi connectivity index (χ3v) is 5.76. The molecule has 2 fully saturated rings. The first kappa shape index (κ1) is 20.0. The molecule has 0 spiro atoms. The smallest absolute Gasteiger partial charge is 0.270 e. The number of carbonyl (C=O) groups excluding carboxylic acids is 2. The van der Waals surface area contributed by atoms with Crippen molar-refractivity contribution in [1.29, 1.82) is 0 Å². The van der Waals surface area contributed by atoms with Gasteiger partial charge in [-0.2, -0.15) is 5.10 Å².